The summed E-state index contributed by atoms with van der Waals surface area (Å²) in [6, 6.07) is 18.8. The number of benzene rings is 3. The number of unbranched alkanes of at least 4 members (excludes halogenated alkanes) is 1. The van der Waals surface area contributed by atoms with Crippen molar-refractivity contribution in [1.82, 2.24) is 4.90 Å². The minimum atomic E-state index is -0.907. The zero-order valence-corrected chi connectivity index (χ0v) is 26.2. The van der Waals surface area contributed by atoms with Gasteiger partial charge in [-0.3, -0.25) is 14.5 Å². The van der Waals surface area contributed by atoms with Gasteiger partial charge in [0.15, 0.2) is 11.5 Å². The van der Waals surface area contributed by atoms with Crippen LogP contribution in [0.25, 0.3) is 0 Å². The van der Waals surface area contributed by atoms with Gasteiger partial charge in [-0.25, -0.2) is 0 Å². The summed E-state index contributed by atoms with van der Waals surface area (Å²) in [5, 5.41) is 10.7. The number of nitrogens with zero attached hydrogens (tertiary/aromatic N) is 2. The minimum Gasteiger partial charge on any atom is -0.496 e. The van der Waals surface area contributed by atoms with Crippen molar-refractivity contribution in [1.29, 1.82) is 0 Å². The molecule has 3 unspecified atom stereocenters. The summed E-state index contributed by atoms with van der Waals surface area (Å²) in [6.07, 6.45) is 2.90. The molecule has 0 spiro atoms. The summed E-state index contributed by atoms with van der Waals surface area (Å²) < 4.78 is 22.4. The number of hydrogen-bond acceptors (Lipinski definition) is 8. The smallest absolute Gasteiger partial charge is 0.308 e. The molecule has 10 heteroatoms. The molecule has 3 atom stereocenters. The number of carbonyl (C=O) groups is 2. The summed E-state index contributed by atoms with van der Waals surface area (Å²) in [4.78, 5) is 31.1. The number of carboxylic acids is 1. The van der Waals surface area contributed by atoms with Gasteiger partial charge in [0.2, 0.25) is 18.4 Å². The second-order valence-electron chi connectivity index (χ2n) is 11.5. The third kappa shape index (κ3) is 7.02. The molecule has 3 aromatic rings. The van der Waals surface area contributed by atoms with Crippen molar-refractivity contribution in [3.8, 4) is 23.0 Å². The number of hydrogen-bond donors (Lipinski definition) is 2. The van der Waals surface area contributed by atoms with Crippen molar-refractivity contribution in [2.24, 2.45) is 11.7 Å². The van der Waals surface area contributed by atoms with Gasteiger partial charge in [-0.1, -0.05) is 43.7 Å². The van der Waals surface area contributed by atoms with E-state index in [0.29, 0.717) is 49.7 Å². The van der Waals surface area contributed by atoms with Crippen LogP contribution in [0.2, 0.25) is 0 Å². The monoisotopic (exact) mass is 617 g/mol. The number of ether oxygens (including phenoxy) is 4. The van der Waals surface area contributed by atoms with Crippen LogP contribution in [0.5, 0.6) is 23.0 Å². The zero-order valence-electron chi connectivity index (χ0n) is 26.2. The van der Waals surface area contributed by atoms with Gasteiger partial charge >= 0.3 is 5.97 Å². The van der Waals surface area contributed by atoms with Crippen LogP contribution < -0.4 is 29.6 Å². The first-order chi connectivity index (χ1) is 21.9. The highest BCUT2D eigenvalue weighted by Gasteiger charge is 2.47. The molecule has 0 aliphatic carbocycles. The van der Waals surface area contributed by atoms with E-state index in [9.17, 15) is 14.7 Å². The first kappa shape index (κ1) is 32.1. The molecule has 240 valence electrons. The Morgan fingerprint density at radius 2 is 1.84 bits per heavy atom. The average Bonchev–Trinajstić information content (AvgIpc) is 3.68. The molecule has 3 aromatic carbocycles. The standard InChI is InChI=1S/C35H43N3O7/c1-4-5-15-38(26-11-8-9-23(16-26)19-36)32(39)21-37-20-27(25-17-30(43-3)34-31(18-25)44-22-45-34)33(35(40)41)28(37)14-13-24-10-6-7-12-29(24)42-2/h6-12,16-18,27-28,33H,4-5,13-15,19-22,36H2,1-3H3,(H,40,41). The fourth-order valence-corrected chi connectivity index (χ4v) is 6.59. The topological polar surface area (TPSA) is 124 Å². The maximum atomic E-state index is 14.1. The van der Waals surface area contributed by atoms with Gasteiger partial charge in [-0.05, 0) is 66.3 Å². The summed E-state index contributed by atoms with van der Waals surface area (Å²) in [5.74, 6) is 0.120. The van der Waals surface area contributed by atoms with E-state index in [4.69, 9.17) is 24.7 Å². The van der Waals surface area contributed by atoms with Gasteiger partial charge in [0.1, 0.15) is 5.75 Å². The maximum absolute atomic E-state index is 14.1. The third-order valence-electron chi connectivity index (χ3n) is 8.88. The molecule has 3 N–H and O–H groups in total. The Kier molecular flexibility index (Phi) is 10.5. The number of anilines is 1. The van der Waals surface area contributed by atoms with Crippen molar-refractivity contribution in [2.45, 2.75) is 51.1 Å². The predicted molar refractivity (Wildman–Crippen MR) is 171 cm³/mol. The van der Waals surface area contributed by atoms with Crippen LogP contribution in [0.1, 0.15) is 48.8 Å². The largest absolute Gasteiger partial charge is 0.496 e. The number of nitrogens with two attached hydrogens (primary N) is 1. The highest BCUT2D eigenvalue weighted by molar-refractivity contribution is 5.95. The summed E-state index contributed by atoms with van der Waals surface area (Å²) >= 11 is 0. The molecule has 1 saturated heterocycles. The van der Waals surface area contributed by atoms with Crippen LogP contribution in [0.4, 0.5) is 5.69 Å². The maximum Gasteiger partial charge on any atom is 0.308 e. The number of carboxylic acid groups (broad SMARTS) is 1. The highest BCUT2D eigenvalue weighted by atomic mass is 16.7. The molecule has 2 heterocycles. The lowest BCUT2D eigenvalue weighted by molar-refractivity contribution is -0.143. The number of fused-ring (bicyclic) bond motifs is 1. The summed E-state index contributed by atoms with van der Waals surface area (Å²) in [7, 11) is 3.18. The lowest BCUT2D eigenvalue weighted by Crippen LogP contribution is -2.44. The van der Waals surface area contributed by atoms with E-state index < -0.39 is 23.8 Å². The van der Waals surface area contributed by atoms with Gasteiger partial charge in [0, 0.05) is 37.3 Å². The Morgan fingerprint density at radius 1 is 1.04 bits per heavy atom. The normalized spacial score (nSPS) is 19.0. The molecule has 1 fully saturated rings. The van der Waals surface area contributed by atoms with E-state index in [0.717, 1.165) is 41.0 Å². The van der Waals surface area contributed by atoms with E-state index in [2.05, 4.69) is 6.92 Å². The number of rotatable bonds is 14. The van der Waals surface area contributed by atoms with Crippen LogP contribution in [0.15, 0.2) is 60.7 Å². The molecule has 1 amide bonds. The number of likely N-dealkylation sites (tertiary alicyclic amines) is 1. The highest BCUT2D eigenvalue weighted by Crippen LogP contribution is 2.47. The second-order valence-corrected chi connectivity index (χ2v) is 11.5. The summed E-state index contributed by atoms with van der Waals surface area (Å²) in [5.41, 5.74) is 9.43. The SMILES string of the molecule is CCCCN(C(=O)CN1CC(c2cc(OC)c3c(c2)OCO3)C(C(=O)O)C1CCc1ccccc1OC)c1cccc(CN)c1. The fraction of sp³-hybridized carbons (Fsp3) is 0.429. The Hall–Kier alpha value is -4.28. The number of amides is 1. The summed E-state index contributed by atoms with van der Waals surface area (Å²) in [6.45, 7) is 3.57. The van der Waals surface area contributed by atoms with Crippen molar-refractivity contribution >= 4 is 17.6 Å². The van der Waals surface area contributed by atoms with E-state index in [1.807, 2.05) is 70.5 Å². The molecule has 0 radical (unpaired) electrons. The van der Waals surface area contributed by atoms with Crippen molar-refractivity contribution in [3.63, 3.8) is 0 Å². The van der Waals surface area contributed by atoms with E-state index in [1.54, 1.807) is 14.2 Å². The van der Waals surface area contributed by atoms with Crippen LogP contribution in [0.3, 0.4) is 0 Å². The number of methoxy groups -OCH3 is 2. The van der Waals surface area contributed by atoms with Crippen molar-refractivity contribution < 1.29 is 33.6 Å². The number of carbonyl (C=O) groups excluding carboxylic acids is 1. The lowest BCUT2D eigenvalue weighted by atomic mass is 9.83. The lowest BCUT2D eigenvalue weighted by Gasteiger charge is -2.30. The molecule has 0 saturated carbocycles. The zero-order chi connectivity index (χ0) is 31.9. The molecule has 2 aliphatic heterocycles. The fourth-order valence-electron chi connectivity index (χ4n) is 6.59. The van der Waals surface area contributed by atoms with E-state index in [-0.39, 0.29) is 19.2 Å². The van der Waals surface area contributed by atoms with Gasteiger partial charge in [-0.15, -0.1) is 0 Å². The molecule has 2 aliphatic rings. The predicted octanol–water partition coefficient (Wildman–Crippen LogP) is 4.83. The Bertz CT molecular complexity index is 1500. The van der Waals surface area contributed by atoms with Gasteiger partial charge in [0.05, 0.1) is 26.7 Å². The van der Waals surface area contributed by atoms with Gasteiger partial charge in [-0.2, -0.15) is 0 Å². The van der Waals surface area contributed by atoms with Crippen molar-refractivity contribution in [2.75, 3.05) is 45.5 Å². The van der Waals surface area contributed by atoms with Gasteiger partial charge < -0.3 is 34.7 Å². The molecular weight excluding hydrogens is 574 g/mol. The number of aryl methyl sites for hydroxylation is 1. The van der Waals surface area contributed by atoms with E-state index >= 15 is 0 Å². The minimum absolute atomic E-state index is 0.0727. The Labute approximate surface area is 264 Å². The quantitative estimate of drug-likeness (QED) is 0.262. The third-order valence-corrected chi connectivity index (χ3v) is 8.88. The molecule has 5 rings (SSSR count). The molecule has 45 heavy (non-hydrogen) atoms. The van der Waals surface area contributed by atoms with Crippen LogP contribution in [-0.2, 0) is 22.6 Å². The van der Waals surface area contributed by atoms with Crippen LogP contribution in [-0.4, -0.2) is 68.6 Å². The first-order valence-corrected chi connectivity index (χ1v) is 15.5. The molecular formula is C35H43N3O7. The van der Waals surface area contributed by atoms with Crippen LogP contribution in [0, 0.1) is 5.92 Å². The van der Waals surface area contributed by atoms with Crippen molar-refractivity contribution in [3.05, 3.63) is 77.4 Å². The Balaban J connectivity index is 1.49. The van der Waals surface area contributed by atoms with E-state index in [1.165, 1.54) is 0 Å². The molecule has 10 nitrogen and oxygen atoms in total. The Morgan fingerprint density at radius 3 is 2.58 bits per heavy atom. The molecule has 0 bridgehead atoms. The number of para-hydroxylation sites is 1. The molecule has 0 aromatic heterocycles. The van der Waals surface area contributed by atoms with Gasteiger partial charge in [0.25, 0.3) is 0 Å². The van der Waals surface area contributed by atoms with Crippen LogP contribution >= 0.6 is 0 Å². The average molecular weight is 618 g/mol. The number of aliphatic carboxylic acids is 1. The first-order valence-electron chi connectivity index (χ1n) is 15.5. The second kappa shape index (κ2) is 14.7.